The molecule has 1 fully saturated rings. The number of aryl methyl sites for hydroxylation is 1. The quantitative estimate of drug-likeness (QED) is 0.664. The summed E-state index contributed by atoms with van der Waals surface area (Å²) in [6, 6.07) is 14.9. The maximum absolute atomic E-state index is 4.75. The van der Waals surface area contributed by atoms with Crippen LogP contribution < -0.4 is 0 Å². The zero-order valence-corrected chi connectivity index (χ0v) is 16.1. The van der Waals surface area contributed by atoms with E-state index in [0.29, 0.717) is 5.92 Å². The summed E-state index contributed by atoms with van der Waals surface area (Å²) in [5, 5.41) is 0. The number of pyridine rings is 1. The molecule has 0 spiro atoms. The molecule has 4 heteroatoms. The number of aromatic nitrogens is 3. The third-order valence-corrected chi connectivity index (χ3v) is 5.52. The molecule has 2 aromatic heterocycles. The first-order chi connectivity index (χ1) is 13.3. The lowest BCUT2D eigenvalue weighted by molar-refractivity contribution is 0.165. The van der Waals surface area contributed by atoms with Gasteiger partial charge in [0.05, 0.1) is 0 Å². The van der Waals surface area contributed by atoms with E-state index in [0.717, 1.165) is 26.1 Å². The van der Waals surface area contributed by atoms with Gasteiger partial charge in [0.25, 0.3) is 0 Å². The normalized spacial score (nSPS) is 17.9. The van der Waals surface area contributed by atoms with E-state index in [4.69, 9.17) is 4.98 Å². The van der Waals surface area contributed by atoms with E-state index in [1.165, 1.54) is 42.0 Å². The number of nitrogens with zero attached hydrogens (tertiary/aromatic N) is 4. The van der Waals surface area contributed by atoms with Crippen LogP contribution in [0.5, 0.6) is 0 Å². The van der Waals surface area contributed by atoms with E-state index >= 15 is 0 Å². The summed E-state index contributed by atoms with van der Waals surface area (Å²) in [5.41, 5.74) is 3.89. The predicted molar refractivity (Wildman–Crippen MR) is 108 cm³/mol. The molecule has 1 aliphatic heterocycles. The Balaban J connectivity index is 1.41. The minimum Gasteiger partial charge on any atom is -0.328 e. The predicted octanol–water partition coefficient (Wildman–Crippen LogP) is 4.09. The first-order valence-corrected chi connectivity index (χ1v) is 9.94. The second kappa shape index (κ2) is 8.49. The smallest absolute Gasteiger partial charge is 0.109 e. The molecular weight excluding hydrogens is 332 g/mol. The Kier molecular flexibility index (Phi) is 5.64. The summed E-state index contributed by atoms with van der Waals surface area (Å²) < 4.78 is 2.38. The Labute approximate surface area is 161 Å². The maximum atomic E-state index is 4.75. The number of likely N-dealkylation sites (tertiary alicyclic amines) is 1. The molecule has 0 amide bonds. The van der Waals surface area contributed by atoms with Crippen LogP contribution in [-0.2, 0) is 19.5 Å². The highest BCUT2D eigenvalue weighted by atomic mass is 15.1. The molecular formula is C23H28N4. The van der Waals surface area contributed by atoms with Gasteiger partial charge in [-0.25, -0.2) is 4.98 Å². The average molecular weight is 361 g/mol. The molecule has 0 radical (unpaired) electrons. The topological polar surface area (TPSA) is 34.0 Å². The fourth-order valence-corrected chi connectivity index (χ4v) is 4.13. The highest BCUT2D eigenvalue weighted by Crippen LogP contribution is 2.23. The van der Waals surface area contributed by atoms with Crippen LogP contribution in [0.4, 0.5) is 0 Å². The van der Waals surface area contributed by atoms with Crippen LogP contribution in [0, 0.1) is 12.8 Å². The summed E-state index contributed by atoms with van der Waals surface area (Å²) in [6.07, 6.45) is 9.47. The Bertz CT molecular complexity index is 841. The Hall–Kier alpha value is -2.46. The zero-order chi connectivity index (χ0) is 18.5. The maximum Gasteiger partial charge on any atom is 0.109 e. The van der Waals surface area contributed by atoms with Crippen molar-refractivity contribution in [3.63, 3.8) is 0 Å². The van der Waals surface area contributed by atoms with E-state index in [1.807, 2.05) is 24.7 Å². The molecule has 0 saturated carbocycles. The Morgan fingerprint density at radius 1 is 1.00 bits per heavy atom. The number of hydrogen-bond acceptors (Lipinski definition) is 3. The monoisotopic (exact) mass is 360 g/mol. The van der Waals surface area contributed by atoms with Gasteiger partial charge in [-0.2, -0.15) is 0 Å². The number of rotatable bonds is 6. The SMILES string of the molecule is Cc1cnc(CC2CCCN(Cc3cccnc3)C2)n1Cc1ccccc1. The Morgan fingerprint density at radius 3 is 2.67 bits per heavy atom. The van der Waals surface area contributed by atoms with Crippen molar-refractivity contribution in [3.8, 4) is 0 Å². The van der Waals surface area contributed by atoms with Crippen LogP contribution >= 0.6 is 0 Å². The largest absolute Gasteiger partial charge is 0.328 e. The van der Waals surface area contributed by atoms with Crippen molar-refractivity contribution in [2.75, 3.05) is 13.1 Å². The van der Waals surface area contributed by atoms with Crippen LogP contribution in [-0.4, -0.2) is 32.5 Å². The molecule has 0 N–H and O–H groups in total. The second-order valence-electron chi connectivity index (χ2n) is 7.70. The number of imidazole rings is 1. The fraction of sp³-hybridized carbons (Fsp3) is 0.391. The summed E-state index contributed by atoms with van der Waals surface area (Å²) in [5.74, 6) is 1.90. The van der Waals surface area contributed by atoms with Gasteiger partial charge in [-0.1, -0.05) is 36.4 Å². The minimum atomic E-state index is 0.673. The van der Waals surface area contributed by atoms with Crippen LogP contribution in [0.25, 0.3) is 0 Å². The van der Waals surface area contributed by atoms with Crippen molar-refractivity contribution in [1.82, 2.24) is 19.4 Å². The number of hydrogen-bond donors (Lipinski definition) is 0. The molecule has 1 aliphatic rings. The van der Waals surface area contributed by atoms with Crippen molar-refractivity contribution < 1.29 is 0 Å². The van der Waals surface area contributed by atoms with Gasteiger partial charge in [0, 0.05) is 50.3 Å². The summed E-state index contributed by atoms with van der Waals surface area (Å²) >= 11 is 0. The average Bonchev–Trinajstić information content (AvgIpc) is 3.03. The molecule has 3 aromatic rings. The van der Waals surface area contributed by atoms with Crippen molar-refractivity contribution in [2.45, 2.75) is 39.3 Å². The molecule has 0 aliphatic carbocycles. The Morgan fingerprint density at radius 2 is 1.85 bits per heavy atom. The van der Waals surface area contributed by atoms with Gasteiger partial charge < -0.3 is 4.57 Å². The van der Waals surface area contributed by atoms with E-state index in [1.54, 1.807) is 0 Å². The standard InChI is InChI=1S/C23H28N4/c1-19-14-25-23(27(19)18-20-7-3-2-4-8-20)13-21-10-6-12-26(16-21)17-22-9-5-11-24-15-22/h2-5,7-9,11,14-15,21H,6,10,12-13,16-18H2,1H3. The number of benzene rings is 1. The van der Waals surface area contributed by atoms with Gasteiger partial charge in [0.1, 0.15) is 5.82 Å². The van der Waals surface area contributed by atoms with E-state index < -0.39 is 0 Å². The molecule has 1 saturated heterocycles. The summed E-state index contributed by atoms with van der Waals surface area (Å²) in [6.45, 7) is 6.40. The molecule has 1 unspecified atom stereocenters. The van der Waals surface area contributed by atoms with E-state index in [9.17, 15) is 0 Å². The van der Waals surface area contributed by atoms with Crippen molar-refractivity contribution in [3.05, 3.63) is 83.7 Å². The van der Waals surface area contributed by atoms with Crippen LogP contribution in [0.1, 0.15) is 35.5 Å². The molecule has 4 nitrogen and oxygen atoms in total. The molecule has 140 valence electrons. The summed E-state index contributed by atoms with van der Waals surface area (Å²) in [7, 11) is 0. The molecule has 4 rings (SSSR count). The van der Waals surface area contributed by atoms with Gasteiger partial charge in [-0.15, -0.1) is 0 Å². The highest BCUT2D eigenvalue weighted by molar-refractivity contribution is 5.17. The molecule has 0 bridgehead atoms. The number of piperidine rings is 1. The highest BCUT2D eigenvalue weighted by Gasteiger charge is 2.22. The van der Waals surface area contributed by atoms with E-state index in [2.05, 4.69) is 57.8 Å². The van der Waals surface area contributed by atoms with Gasteiger partial charge in [0.2, 0.25) is 0 Å². The zero-order valence-electron chi connectivity index (χ0n) is 16.1. The third-order valence-electron chi connectivity index (χ3n) is 5.52. The van der Waals surface area contributed by atoms with Crippen LogP contribution in [0.3, 0.4) is 0 Å². The van der Waals surface area contributed by atoms with Gasteiger partial charge in [-0.05, 0) is 49.4 Å². The molecule has 3 heterocycles. The second-order valence-corrected chi connectivity index (χ2v) is 7.70. The van der Waals surface area contributed by atoms with Crippen molar-refractivity contribution in [1.29, 1.82) is 0 Å². The first-order valence-electron chi connectivity index (χ1n) is 9.94. The van der Waals surface area contributed by atoms with Gasteiger partial charge in [0.15, 0.2) is 0 Å². The first kappa shape index (κ1) is 17.9. The lowest BCUT2D eigenvalue weighted by atomic mass is 9.94. The summed E-state index contributed by atoms with van der Waals surface area (Å²) in [4.78, 5) is 11.6. The van der Waals surface area contributed by atoms with Gasteiger partial charge >= 0.3 is 0 Å². The van der Waals surface area contributed by atoms with Crippen LogP contribution in [0.15, 0.2) is 61.1 Å². The third kappa shape index (κ3) is 4.64. The van der Waals surface area contributed by atoms with Crippen LogP contribution in [0.2, 0.25) is 0 Å². The minimum absolute atomic E-state index is 0.673. The lowest BCUT2D eigenvalue weighted by Crippen LogP contribution is -2.36. The lowest BCUT2D eigenvalue weighted by Gasteiger charge is -2.32. The van der Waals surface area contributed by atoms with Crippen molar-refractivity contribution >= 4 is 0 Å². The van der Waals surface area contributed by atoms with Gasteiger partial charge in [-0.3, -0.25) is 9.88 Å². The fourth-order valence-electron chi connectivity index (χ4n) is 4.13. The molecule has 1 aromatic carbocycles. The van der Waals surface area contributed by atoms with E-state index in [-0.39, 0.29) is 0 Å². The molecule has 27 heavy (non-hydrogen) atoms. The van der Waals surface area contributed by atoms with Crippen molar-refractivity contribution in [2.24, 2.45) is 5.92 Å². The molecule has 1 atom stereocenters.